The number of nitrogens with zero attached hydrogens (tertiary/aromatic N) is 2. The van der Waals surface area contributed by atoms with Crippen LogP contribution in [0.5, 0.6) is 0 Å². The fourth-order valence-corrected chi connectivity index (χ4v) is 3.95. The Bertz CT molecular complexity index is 1070. The zero-order chi connectivity index (χ0) is 21.8. The summed E-state index contributed by atoms with van der Waals surface area (Å²) in [6.07, 6.45) is 0.0500. The lowest BCUT2D eigenvalue weighted by Crippen LogP contribution is -2.30. The van der Waals surface area contributed by atoms with Gasteiger partial charge in [-0.3, -0.25) is 9.48 Å². The standard InChI is InChI=1S/C24H22F3N3O/c25-24(26,27)20(18-10-5-2-6-11-18)14-23(31)29-21-12-7-13-22-19(21)15-28-30(22)16-17-8-3-1-4-9-17/h1-6,8-11,14-15,21H,7,12-13,16H2,(H,29,31)/b20-14-. The highest BCUT2D eigenvalue weighted by Crippen LogP contribution is 2.34. The van der Waals surface area contributed by atoms with Gasteiger partial charge in [0.25, 0.3) is 0 Å². The smallest absolute Gasteiger partial charge is 0.346 e. The molecule has 0 bridgehead atoms. The van der Waals surface area contributed by atoms with Gasteiger partial charge in [0.15, 0.2) is 0 Å². The zero-order valence-electron chi connectivity index (χ0n) is 16.8. The van der Waals surface area contributed by atoms with Crippen molar-refractivity contribution in [2.45, 2.75) is 38.0 Å². The summed E-state index contributed by atoms with van der Waals surface area (Å²) in [6, 6.07) is 16.9. The van der Waals surface area contributed by atoms with Crippen molar-refractivity contribution in [1.29, 1.82) is 0 Å². The molecule has 1 N–H and O–H groups in total. The van der Waals surface area contributed by atoms with Crippen LogP contribution in [0.25, 0.3) is 5.57 Å². The highest BCUT2D eigenvalue weighted by atomic mass is 19.4. The molecule has 0 fully saturated rings. The number of amides is 1. The van der Waals surface area contributed by atoms with E-state index in [1.807, 2.05) is 35.0 Å². The molecular weight excluding hydrogens is 403 g/mol. The molecule has 4 nitrogen and oxygen atoms in total. The van der Waals surface area contributed by atoms with Crippen LogP contribution in [0.3, 0.4) is 0 Å². The third kappa shape index (κ3) is 4.87. The van der Waals surface area contributed by atoms with E-state index >= 15 is 0 Å². The van der Waals surface area contributed by atoms with E-state index in [2.05, 4.69) is 10.4 Å². The number of hydrogen-bond donors (Lipinski definition) is 1. The summed E-state index contributed by atoms with van der Waals surface area (Å²) in [6.45, 7) is 0.614. The van der Waals surface area contributed by atoms with Crippen LogP contribution in [-0.4, -0.2) is 21.9 Å². The summed E-state index contributed by atoms with van der Waals surface area (Å²) in [5.41, 5.74) is 2.01. The fraction of sp³-hybridized carbons (Fsp3) is 0.250. The summed E-state index contributed by atoms with van der Waals surface area (Å²) >= 11 is 0. The summed E-state index contributed by atoms with van der Waals surface area (Å²) in [5.74, 6) is -0.759. The minimum atomic E-state index is -4.63. The number of rotatable bonds is 5. The average molecular weight is 425 g/mol. The van der Waals surface area contributed by atoms with Gasteiger partial charge in [0.05, 0.1) is 24.4 Å². The van der Waals surface area contributed by atoms with Gasteiger partial charge in [-0.2, -0.15) is 18.3 Å². The number of carbonyl (C=O) groups excluding carboxylic acids is 1. The highest BCUT2D eigenvalue weighted by Gasteiger charge is 2.35. The predicted octanol–water partition coefficient (Wildman–Crippen LogP) is 5.07. The van der Waals surface area contributed by atoms with Crippen molar-refractivity contribution in [1.82, 2.24) is 15.1 Å². The lowest BCUT2D eigenvalue weighted by atomic mass is 9.92. The normalized spacial score (nSPS) is 16.6. The topological polar surface area (TPSA) is 46.9 Å². The number of benzene rings is 2. The van der Waals surface area contributed by atoms with Crippen LogP contribution in [0.1, 0.15) is 41.3 Å². The molecule has 160 valence electrons. The van der Waals surface area contributed by atoms with Crippen molar-refractivity contribution in [3.8, 4) is 0 Å². The lowest BCUT2D eigenvalue weighted by Gasteiger charge is -2.24. The van der Waals surface area contributed by atoms with E-state index in [-0.39, 0.29) is 11.6 Å². The highest BCUT2D eigenvalue weighted by molar-refractivity contribution is 5.96. The van der Waals surface area contributed by atoms with Crippen molar-refractivity contribution in [3.05, 3.63) is 95.3 Å². The van der Waals surface area contributed by atoms with Crippen LogP contribution in [-0.2, 0) is 17.8 Å². The number of fused-ring (bicyclic) bond motifs is 1. The summed E-state index contributed by atoms with van der Waals surface area (Å²) in [7, 11) is 0. The molecule has 1 amide bonds. The summed E-state index contributed by atoms with van der Waals surface area (Å²) in [4.78, 5) is 12.5. The van der Waals surface area contributed by atoms with E-state index in [0.717, 1.165) is 29.7 Å². The third-order valence-electron chi connectivity index (χ3n) is 5.42. The van der Waals surface area contributed by atoms with E-state index in [0.29, 0.717) is 19.0 Å². The Kier molecular flexibility index (Phi) is 5.93. The SMILES string of the molecule is O=C(/C=C(/c1ccccc1)C(F)(F)F)NC1CCCc2c1cnn2Cc1ccccc1. The third-order valence-corrected chi connectivity index (χ3v) is 5.42. The van der Waals surface area contributed by atoms with Gasteiger partial charge in [-0.25, -0.2) is 0 Å². The Hall–Kier alpha value is -3.35. The van der Waals surface area contributed by atoms with E-state index in [4.69, 9.17) is 0 Å². The number of alkyl halides is 3. The molecule has 2 aromatic carbocycles. The van der Waals surface area contributed by atoms with Crippen molar-refractivity contribution in [2.75, 3.05) is 0 Å². The molecule has 0 saturated carbocycles. The second-order valence-corrected chi connectivity index (χ2v) is 7.57. The van der Waals surface area contributed by atoms with Gasteiger partial charge in [-0.1, -0.05) is 60.7 Å². The van der Waals surface area contributed by atoms with E-state index in [1.54, 1.807) is 12.3 Å². The lowest BCUT2D eigenvalue weighted by molar-refractivity contribution is -0.117. The molecule has 3 aromatic rings. The number of carbonyl (C=O) groups is 1. The zero-order valence-corrected chi connectivity index (χ0v) is 16.8. The minimum Gasteiger partial charge on any atom is -0.346 e. The van der Waals surface area contributed by atoms with Crippen molar-refractivity contribution >= 4 is 11.5 Å². The maximum Gasteiger partial charge on any atom is 0.417 e. The van der Waals surface area contributed by atoms with Crippen LogP contribution in [0, 0.1) is 0 Å². The Balaban J connectivity index is 1.54. The molecule has 1 aliphatic rings. The average Bonchev–Trinajstić information content (AvgIpc) is 3.16. The maximum atomic E-state index is 13.5. The fourth-order valence-electron chi connectivity index (χ4n) is 3.95. The maximum absolute atomic E-state index is 13.5. The Morgan fingerprint density at radius 2 is 1.77 bits per heavy atom. The van der Waals surface area contributed by atoms with Gasteiger partial charge in [-0.05, 0) is 30.4 Å². The summed E-state index contributed by atoms with van der Waals surface area (Å²) in [5, 5.41) is 7.22. The van der Waals surface area contributed by atoms with Gasteiger partial charge in [0, 0.05) is 17.3 Å². The van der Waals surface area contributed by atoms with Crippen LogP contribution >= 0.6 is 0 Å². The van der Waals surface area contributed by atoms with Gasteiger partial charge < -0.3 is 5.32 Å². The van der Waals surface area contributed by atoms with Crippen molar-refractivity contribution < 1.29 is 18.0 Å². The monoisotopic (exact) mass is 425 g/mol. The predicted molar refractivity (Wildman–Crippen MR) is 112 cm³/mol. The Morgan fingerprint density at radius 3 is 2.45 bits per heavy atom. The summed E-state index contributed by atoms with van der Waals surface area (Å²) < 4.78 is 42.5. The van der Waals surface area contributed by atoms with Crippen molar-refractivity contribution in [2.24, 2.45) is 0 Å². The molecule has 4 rings (SSSR count). The van der Waals surface area contributed by atoms with Gasteiger partial charge in [-0.15, -0.1) is 0 Å². The van der Waals surface area contributed by atoms with Gasteiger partial charge in [0.2, 0.25) is 5.91 Å². The van der Waals surface area contributed by atoms with Crippen LogP contribution in [0.4, 0.5) is 13.2 Å². The van der Waals surface area contributed by atoms with Crippen molar-refractivity contribution in [3.63, 3.8) is 0 Å². The van der Waals surface area contributed by atoms with Crippen LogP contribution in [0.2, 0.25) is 0 Å². The number of allylic oxidation sites excluding steroid dienone is 1. The van der Waals surface area contributed by atoms with Gasteiger partial charge >= 0.3 is 6.18 Å². The first-order valence-corrected chi connectivity index (χ1v) is 10.1. The molecule has 0 radical (unpaired) electrons. The second-order valence-electron chi connectivity index (χ2n) is 7.57. The molecular formula is C24H22F3N3O. The van der Waals surface area contributed by atoms with E-state index in [9.17, 15) is 18.0 Å². The number of hydrogen-bond acceptors (Lipinski definition) is 2. The number of nitrogens with one attached hydrogen (secondary N) is 1. The Morgan fingerprint density at radius 1 is 1.10 bits per heavy atom. The number of aromatic nitrogens is 2. The Labute approximate surface area is 178 Å². The molecule has 0 spiro atoms. The molecule has 1 aromatic heterocycles. The molecule has 1 unspecified atom stereocenters. The van der Waals surface area contributed by atoms with Gasteiger partial charge in [0.1, 0.15) is 0 Å². The number of halogens is 3. The molecule has 1 heterocycles. The first kappa shape index (κ1) is 20.9. The van der Waals surface area contributed by atoms with Crippen LogP contribution < -0.4 is 5.32 Å². The second kappa shape index (κ2) is 8.79. The largest absolute Gasteiger partial charge is 0.417 e. The molecule has 31 heavy (non-hydrogen) atoms. The van der Waals surface area contributed by atoms with E-state index in [1.165, 1.54) is 24.3 Å². The molecule has 7 heteroatoms. The quantitative estimate of drug-likeness (QED) is 0.580. The first-order valence-electron chi connectivity index (χ1n) is 10.1. The first-order chi connectivity index (χ1) is 14.9. The molecule has 1 atom stereocenters. The minimum absolute atomic E-state index is 0.0369. The molecule has 1 aliphatic carbocycles. The van der Waals surface area contributed by atoms with E-state index < -0.39 is 17.7 Å². The van der Waals surface area contributed by atoms with Crippen LogP contribution in [0.15, 0.2) is 72.9 Å². The molecule has 0 aliphatic heterocycles. The molecule has 0 saturated heterocycles.